The number of fused-ring (bicyclic) bond motifs is 2. The maximum absolute atomic E-state index is 10.4. The number of benzene rings is 1. The van der Waals surface area contributed by atoms with Crippen molar-refractivity contribution in [2.75, 3.05) is 23.4 Å². The van der Waals surface area contributed by atoms with Crippen molar-refractivity contribution in [1.82, 2.24) is 24.5 Å². The van der Waals surface area contributed by atoms with Gasteiger partial charge in [-0.25, -0.2) is 9.97 Å². The third kappa shape index (κ3) is 4.23. The van der Waals surface area contributed by atoms with Crippen LogP contribution in [0.4, 0.5) is 11.8 Å². The van der Waals surface area contributed by atoms with Gasteiger partial charge < -0.3 is 31.1 Å². The normalized spacial score (nSPS) is 24.0. The number of nitrogens with zero attached hydrogens (tertiary/aromatic N) is 5. The van der Waals surface area contributed by atoms with Crippen molar-refractivity contribution in [3.8, 4) is 0 Å². The highest BCUT2D eigenvalue weighted by atomic mass is 32.2. The number of nitrogens with one attached hydrogen (secondary N) is 1. The van der Waals surface area contributed by atoms with Gasteiger partial charge >= 0.3 is 0 Å². The molecule has 0 aliphatic carbocycles. The van der Waals surface area contributed by atoms with Crippen LogP contribution in [0.3, 0.4) is 0 Å². The Morgan fingerprint density at radius 3 is 2.82 bits per heavy atom. The fourth-order valence-electron chi connectivity index (χ4n) is 3.71. The molecule has 4 heterocycles. The topological polar surface area (TPSA) is 164 Å². The number of hydrogen-bond acceptors (Lipinski definition) is 12. The Morgan fingerprint density at radius 2 is 2.06 bits per heavy atom. The minimum atomic E-state index is -1.25. The minimum absolute atomic E-state index is 0.0126. The van der Waals surface area contributed by atoms with Gasteiger partial charge in [-0.05, 0) is 19.1 Å². The number of rotatable bonds is 7. The van der Waals surface area contributed by atoms with E-state index in [1.807, 2.05) is 25.1 Å². The zero-order valence-electron chi connectivity index (χ0n) is 17.6. The first-order valence-corrected chi connectivity index (χ1v) is 12.1. The van der Waals surface area contributed by atoms with Crippen LogP contribution in [0.25, 0.3) is 21.4 Å². The Kier molecular flexibility index (Phi) is 6.07. The van der Waals surface area contributed by atoms with Gasteiger partial charge in [0.15, 0.2) is 27.5 Å². The van der Waals surface area contributed by atoms with E-state index in [1.54, 1.807) is 23.1 Å². The number of aromatic nitrogens is 5. The summed E-state index contributed by atoms with van der Waals surface area (Å²) in [5.41, 5.74) is 7.74. The van der Waals surface area contributed by atoms with Crippen LogP contribution in [-0.2, 0) is 4.74 Å². The average Bonchev–Trinajstić information content (AvgIpc) is 3.48. The summed E-state index contributed by atoms with van der Waals surface area (Å²) >= 11 is 3.31. The van der Waals surface area contributed by atoms with Gasteiger partial charge in [0, 0.05) is 11.8 Å². The molecule has 0 radical (unpaired) electrons. The summed E-state index contributed by atoms with van der Waals surface area (Å²) in [5.74, 6) is 1.23. The number of aliphatic hydroxyl groups is 3. The van der Waals surface area contributed by atoms with Gasteiger partial charge in [0.25, 0.3) is 0 Å². The van der Waals surface area contributed by atoms with Crippen molar-refractivity contribution < 1.29 is 20.1 Å². The van der Waals surface area contributed by atoms with E-state index in [1.165, 1.54) is 10.9 Å². The highest BCUT2D eigenvalue weighted by molar-refractivity contribution is 8.01. The Labute approximate surface area is 196 Å². The summed E-state index contributed by atoms with van der Waals surface area (Å²) in [6.45, 7) is 1.60. The van der Waals surface area contributed by atoms with Crippen LogP contribution < -0.4 is 11.1 Å². The molecular formula is C20H23N7O4S2. The fourth-order valence-corrected chi connectivity index (χ4v) is 5.76. The smallest absolute Gasteiger partial charge is 0.224 e. The third-order valence-electron chi connectivity index (χ3n) is 5.34. The molecule has 1 saturated heterocycles. The van der Waals surface area contributed by atoms with Crippen LogP contribution in [-0.4, -0.2) is 76.5 Å². The Balaban J connectivity index is 1.34. The molecule has 33 heavy (non-hydrogen) atoms. The van der Waals surface area contributed by atoms with E-state index in [9.17, 15) is 15.3 Å². The number of para-hydroxylation sites is 1. The quantitative estimate of drug-likeness (QED) is 0.237. The van der Waals surface area contributed by atoms with Crippen molar-refractivity contribution in [2.45, 2.75) is 41.8 Å². The van der Waals surface area contributed by atoms with Crippen LogP contribution >= 0.6 is 23.1 Å². The molecule has 4 aromatic rings. The first-order chi connectivity index (χ1) is 15.9. The van der Waals surface area contributed by atoms with Crippen LogP contribution in [0.15, 0.2) is 34.9 Å². The number of thiazole rings is 1. The molecule has 11 nitrogen and oxygen atoms in total. The van der Waals surface area contributed by atoms with E-state index in [4.69, 9.17) is 10.5 Å². The molecule has 0 amide bonds. The van der Waals surface area contributed by atoms with E-state index < -0.39 is 31.1 Å². The summed E-state index contributed by atoms with van der Waals surface area (Å²) in [5, 5.41) is 33.1. The minimum Gasteiger partial charge on any atom is -0.394 e. The number of nitrogen functional groups attached to an aromatic ring is 1. The number of hydrogen-bond donors (Lipinski definition) is 5. The number of aliphatic hydroxyl groups excluding tert-OH is 3. The number of anilines is 2. The van der Waals surface area contributed by atoms with Gasteiger partial charge in [-0.1, -0.05) is 23.9 Å². The van der Waals surface area contributed by atoms with Crippen LogP contribution in [0, 0.1) is 0 Å². The zero-order chi connectivity index (χ0) is 23.1. The predicted octanol–water partition coefficient (Wildman–Crippen LogP) is 1.22. The molecule has 1 fully saturated rings. The summed E-state index contributed by atoms with van der Waals surface area (Å²) in [6.07, 6.45) is -2.90. The predicted molar refractivity (Wildman–Crippen MR) is 126 cm³/mol. The van der Waals surface area contributed by atoms with Gasteiger partial charge in [-0.15, -0.1) is 11.3 Å². The Bertz CT molecular complexity index is 1250. The summed E-state index contributed by atoms with van der Waals surface area (Å²) < 4.78 is 9.24. The molecule has 0 saturated carbocycles. The van der Waals surface area contributed by atoms with Crippen molar-refractivity contribution in [1.29, 1.82) is 0 Å². The molecule has 1 aliphatic heterocycles. The van der Waals surface area contributed by atoms with E-state index in [0.717, 1.165) is 20.3 Å². The van der Waals surface area contributed by atoms with Gasteiger partial charge in [0.2, 0.25) is 5.95 Å². The van der Waals surface area contributed by atoms with E-state index in [2.05, 4.69) is 31.3 Å². The Morgan fingerprint density at radius 1 is 1.24 bits per heavy atom. The number of thioether (sulfide) groups is 1. The maximum Gasteiger partial charge on any atom is 0.224 e. The van der Waals surface area contributed by atoms with Gasteiger partial charge in [0.1, 0.15) is 18.3 Å². The second-order valence-corrected chi connectivity index (χ2v) is 10.1. The van der Waals surface area contributed by atoms with Crippen LogP contribution in [0.1, 0.15) is 13.2 Å². The largest absolute Gasteiger partial charge is 0.394 e. The van der Waals surface area contributed by atoms with Gasteiger partial charge in [-0.2, -0.15) is 9.97 Å². The molecule has 5 atom stereocenters. The fraction of sp³-hybridized carbons (Fsp3) is 0.400. The molecule has 13 heteroatoms. The molecule has 0 unspecified atom stereocenters. The SMILES string of the molecule is C[C@H](CSc1nc2ccccc2s1)Nc1nc(N)nc2c1ncn2[C@@H]1O[C@H](CO)[C@@H](O)[C@H]1O. The first-order valence-electron chi connectivity index (χ1n) is 10.3. The number of imidazole rings is 1. The van der Waals surface area contributed by atoms with E-state index in [0.29, 0.717) is 17.0 Å². The van der Waals surface area contributed by atoms with Crippen LogP contribution in [0.5, 0.6) is 0 Å². The molecule has 0 spiro atoms. The molecule has 174 valence electrons. The van der Waals surface area contributed by atoms with E-state index >= 15 is 0 Å². The lowest BCUT2D eigenvalue weighted by molar-refractivity contribution is -0.0511. The molecule has 0 bridgehead atoms. The average molecular weight is 490 g/mol. The highest BCUT2D eigenvalue weighted by Crippen LogP contribution is 2.33. The second kappa shape index (κ2) is 9.00. The highest BCUT2D eigenvalue weighted by Gasteiger charge is 2.44. The van der Waals surface area contributed by atoms with Crippen molar-refractivity contribution in [3.63, 3.8) is 0 Å². The van der Waals surface area contributed by atoms with Crippen molar-refractivity contribution in [2.24, 2.45) is 0 Å². The maximum atomic E-state index is 10.4. The van der Waals surface area contributed by atoms with Gasteiger partial charge in [0.05, 0.1) is 23.2 Å². The summed E-state index contributed by atoms with van der Waals surface area (Å²) in [4.78, 5) is 17.6. The first kappa shape index (κ1) is 22.3. The van der Waals surface area contributed by atoms with E-state index in [-0.39, 0.29) is 12.0 Å². The molecule has 3 aromatic heterocycles. The molecular weight excluding hydrogens is 466 g/mol. The summed E-state index contributed by atoms with van der Waals surface area (Å²) in [6, 6.07) is 8.05. The van der Waals surface area contributed by atoms with Crippen molar-refractivity contribution in [3.05, 3.63) is 30.6 Å². The zero-order valence-corrected chi connectivity index (χ0v) is 19.2. The molecule has 1 aromatic carbocycles. The van der Waals surface area contributed by atoms with Crippen molar-refractivity contribution >= 4 is 56.2 Å². The molecule has 6 N–H and O–H groups in total. The lowest BCUT2D eigenvalue weighted by atomic mass is 10.1. The third-order valence-corrected chi connectivity index (χ3v) is 7.78. The Hall–Kier alpha value is -2.55. The molecule has 1 aliphatic rings. The lowest BCUT2D eigenvalue weighted by Crippen LogP contribution is -2.33. The second-order valence-electron chi connectivity index (χ2n) is 7.79. The lowest BCUT2D eigenvalue weighted by Gasteiger charge is -2.17. The standard InChI is InChI=1S/C20H23N7O4S2/c1-9(7-32-20-24-10-4-2-3-5-12(10)33-20)23-16-13-17(26-19(21)25-16)27(8-22-13)18-15(30)14(29)11(6-28)31-18/h2-5,8-9,11,14-15,18,28-30H,6-7H2,1H3,(H3,21,23,25,26)/t9-,11-,14-,15-,18-/m1/s1. The van der Waals surface area contributed by atoms with Gasteiger partial charge in [-0.3, -0.25) is 4.57 Å². The molecule has 5 rings (SSSR count). The monoisotopic (exact) mass is 489 g/mol. The summed E-state index contributed by atoms with van der Waals surface area (Å²) in [7, 11) is 0. The number of ether oxygens (including phenoxy) is 1. The van der Waals surface area contributed by atoms with Crippen LogP contribution in [0.2, 0.25) is 0 Å². The number of nitrogens with two attached hydrogens (primary N) is 1.